The van der Waals surface area contributed by atoms with Gasteiger partial charge in [-0.2, -0.15) is 10.1 Å². The lowest BCUT2D eigenvalue weighted by atomic mass is 10.4. The molecule has 7 heteroatoms. The molecule has 0 bridgehead atoms. The van der Waals surface area contributed by atoms with E-state index in [1.54, 1.807) is 4.68 Å². The van der Waals surface area contributed by atoms with Crippen LogP contribution in [0.25, 0.3) is 11.5 Å². The van der Waals surface area contributed by atoms with Crippen molar-refractivity contribution in [1.29, 1.82) is 0 Å². The first-order valence-corrected chi connectivity index (χ1v) is 4.90. The molecule has 0 aliphatic carbocycles. The fraction of sp³-hybridized carbons (Fsp3) is 0.444. The lowest BCUT2D eigenvalue weighted by molar-refractivity contribution is 0.104. The molecular formula is C9H13N5O2. The van der Waals surface area contributed by atoms with Crippen LogP contribution in [0.4, 0.5) is 0 Å². The highest BCUT2D eigenvalue weighted by Crippen LogP contribution is 2.12. The quantitative estimate of drug-likeness (QED) is 0.714. The average molecular weight is 223 g/mol. The Morgan fingerprint density at radius 2 is 2.44 bits per heavy atom. The monoisotopic (exact) mass is 223 g/mol. The standard InChI is InChI=1S/C9H13N5O2/c1-14-4-2-7(12-14)9-11-8(16-13-9)6-15-5-3-10/h2,4H,3,5-6,10H2,1H3. The van der Waals surface area contributed by atoms with Crippen LogP contribution < -0.4 is 5.73 Å². The number of hydrogen-bond donors (Lipinski definition) is 1. The van der Waals surface area contributed by atoms with Crippen molar-refractivity contribution in [2.24, 2.45) is 12.8 Å². The van der Waals surface area contributed by atoms with Crippen LogP contribution in [0, 0.1) is 0 Å². The first-order valence-electron chi connectivity index (χ1n) is 4.90. The molecule has 0 saturated heterocycles. The molecule has 16 heavy (non-hydrogen) atoms. The molecule has 2 aromatic heterocycles. The highest BCUT2D eigenvalue weighted by atomic mass is 16.5. The Kier molecular flexibility index (Phi) is 3.28. The maximum atomic E-state index is 5.29. The molecule has 2 aromatic rings. The van der Waals surface area contributed by atoms with E-state index in [2.05, 4.69) is 15.2 Å². The van der Waals surface area contributed by atoms with Crippen LogP contribution in [-0.4, -0.2) is 33.1 Å². The van der Waals surface area contributed by atoms with Crippen molar-refractivity contribution in [2.45, 2.75) is 6.61 Å². The summed E-state index contributed by atoms with van der Waals surface area (Å²) in [6.45, 7) is 1.22. The summed E-state index contributed by atoms with van der Waals surface area (Å²) in [7, 11) is 1.83. The second kappa shape index (κ2) is 4.86. The van der Waals surface area contributed by atoms with Gasteiger partial charge in [-0.25, -0.2) is 0 Å². The van der Waals surface area contributed by atoms with Gasteiger partial charge in [0.05, 0.1) is 6.61 Å². The van der Waals surface area contributed by atoms with Gasteiger partial charge in [-0.3, -0.25) is 4.68 Å². The van der Waals surface area contributed by atoms with Crippen LogP contribution in [0.3, 0.4) is 0 Å². The topological polar surface area (TPSA) is 92.0 Å². The number of nitrogens with zero attached hydrogens (tertiary/aromatic N) is 4. The molecule has 0 unspecified atom stereocenters. The molecule has 0 aliphatic rings. The van der Waals surface area contributed by atoms with Crippen molar-refractivity contribution in [1.82, 2.24) is 19.9 Å². The number of aryl methyl sites for hydroxylation is 1. The van der Waals surface area contributed by atoms with Gasteiger partial charge in [0.25, 0.3) is 5.89 Å². The molecule has 0 aromatic carbocycles. The Balaban J connectivity index is 2.02. The summed E-state index contributed by atoms with van der Waals surface area (Å²) >= 11 is 0. The summed E-state index contributed by atoms with van der Waals surface area (Å²) in [6.07, 6.45) is 1.82. The fourth-order valence-electron chi connectivity index (χ4n) is 1.19. The van der Waals surface area contributed by atoms with Crippen LogP contribution in [0.2, 0.25) is 0 Å². The summed E-state index contributed by atoms with van der Waals surface area (Å²) in [5, 5.41) is 7.97. The highest BCUT2D eigenvalue weighted by Gasteiger charge is 2.10. The third-order valence-electron chi connectivity index (χ3n) is 1.90. The van der Waals surface area contributed by atoms with Gasteiger partial charge in [-0.1, -0.05) is 5.16 Å². The fourth-order valence-corrected chi connectivity index (χ4v) is 1.19. The molecule has 2 N–H and O–H groups in total. The Morgan fingerprint density at radius 3 is 3.12 bits per heavy atom. The van der Waals surface area contributed by atoms with Gasteiger partial charge in [0.1, 0.15) is 12.3 Å². The first kappa shape index (κ1) is 10.8. The van der Waals surface area contributed by atoms with E-state index in [1.165, 1.54) is 0 Å². The lowest BCUT2D eigenvalue weighted by Gasteiger charge is -1.95. The Hall–Kier alpha value is -1.73. The Morgan fingerprint density at radius 1 is 1.56 bits per heavy atom. The normalized spacial score (nSPS) is 10.9. The lowest BCUT2D eigenvalue weighted by Crippen LogP contribution is -2.08. The minimum absolute atomic E-state index is 0.275. The molecule has 86 valence electrons. The molecule has 0 radical (unpaired) electrons. The summed E-state index contributed by atoms with van der Waals surface area (Å²) in [6, 6.07) is 1.81. The SMILES string of the molecule is Cn1ccc(-c2noc(COCCN)n2)n1. The molecule has 0 fully saturated rings. The molecule has 7 nitrogen and oxygen atoms in total. The van der Waals surface area contributed by atoms with E-state index in [-0.39, 0.29) is 6.61 Å². The van der Waals surface area contributed by atoms with Gasteiger partial charge < -0.3 is 15.0 Å². The van der Waals surface area contributed by atoms with E-state index in [0.717, 1.165) is 0 Å². The zero-order valence-electron chi connectivity index (χ0n) is 8.96. The molecular weight excluding hydrogens is 210 g/mol. The van der Waals surface area contributed by atoms with Crippen molar-refractivity contribution in [3.63, 3.8) is 0 Å². The van der Waals surface area contributed by atoms with Gasteiger partial charge >= 0.3 is 0 Å². The van der Waals surface area contributed by atoms with E-state index >= 15 is 0 Å². The van der Waals surface area contributed by atoms with E-state index in [9.17, 15) is 0 Å². The predicted molar refractivity (Wildman–Crippen MR) is 55.2 cm³/mol. The van der Waals surface area contributed by atoms with Crippen LogP contribution in [0.1, 0.15) is 5.89 Å². The number of rotatable bonds is 5. The third-order valence-corrected chi connectivity index (χ3v) is 1.90. The summed E-state index contributed by atoms with van der Waals surface area (Å²) in [4.78, 5) is 4.15. The molecule has 2 heterocycles. The zero-order chi connectivity index (χ0) is 11.4. The number of aromatic nitrogens is 4. The van der Waals surface area contributed by atoms with Crippen LogP contribution in [-0.2, 0) is 18.4 Å². The number of nitrogens with two attached hydrogens (primary N) is 1. The highest BCUT2D eigenvalue weighted by molar-refractivity contribution is 5.46. The molecule has 2 rings (SSSR count). The van der Waals surface area contributed by atoms with Crippen LogP contribution >= 0.6 is 0 Å². The summed E-state index contributed by atoms with van der Waals surface area (Å²) < 4.78 is 11.9. The minimum atomic E-state index is 0.275. The van der Waals surface area contributed by atoms with Gasteiger partial charge in [0.15, 0.2) is 0 Å². The molecule has 0 amide bonds. The second-order valence-corrected chi connectivity index (χ2v) is 3.23. The molecule has 0 atom stereocenters. The van der Waals surface area contributed by atoms with Crippen molar-refractivity contribution in [2.75, 3.05) is 13.2 Å². The van der Waals surface area contributed by atoms with Gasteiger partial charge in [-0.05, 0) is 6.07 Å². The summed E-state index contributed by atoms with van der Waals surface area (Å²) in [5.74, 6) is 0.890. The smallest absolute Gasteiger partial charge is 0.253 e. The van der Waals surface area contributed by atoms with Crippen LogP contribution in [0.5, 0.6) is 0 Å². The Labute approximate surface area is 92.2 Å². The minimum Gasteiger partial charge on any atom is -0.370 e. The first-order chi connectivity index (χ1) is 7.79. The van der Waals surface area contributed by atoms with Crippen molar-refractivity contribution >= 4 is 0 Å². The van der Waals surface area contributed by atoms with Crippen molar-refractivity contribution in [3.05, 3.63) is 18.2 Å². The van der Waals surface area contributed by atoms with Crippen molar-refractivity contribution in [3.8, 4) is 11.5 Å². The largest absolute Gasteiger partial charge is 0.370 e. The maximum Gasteiger partial charge on any atom is 0.253 e. The second-order valence-electron chi connectivity index (χ2n) is 3.23. The molecule has 0 spiro atoms. The summed E-state index contributed by atoms with van der Waals surface area (Å²) in [5.41, 5.74) is 5.96. The Bertz CT molecular complexity index is 450. The van der Waals surface area contributed by atoms with Gasteiger partial charge in [0.2, 0.25) is 5.82 Å². The number of ether oxygens (including phenoxy) is 1. The van der Waals surface area contributed by atoms with E-state index in [4.69, 9.17) is 15.0 Å². The maximum absolute atomic E-state index is 5.29. The van der Waals surface area contributed by atoms with E-state index in [1.807, 2.05) is 19.3 Å². The van der Waals surface area contributed by atoms with E-state index < -0.39 is 0 Å². The zero-order valence-corrected chi connectivity index (χ0v) is 8.96. The average Bonchev–Trinajstić information content (AvgIpc) is 2.87. The van der Waals surface area contributed by atoms with Crippen LogP contribution in [0.15, 0.2) is 16.8 Å². The van der Waals surface area contributed by atoms with Gasteiger partial charge in [0, 0.05) is 19.8 Å². The van der Waals surface area contributed by atoms with Gasteiger partial charge in [-0.15, -0.1) is 0 Å². The molecule has 0 saturated carbocycles. The predicted octanol–water partition coefficient (Wildman–Crippen LogP) is -0.0546. The third kappa shape index (κ3) is 2.44. The van der Waals surface area contributed by atoms with Crippen molar-refractivity contribution < 1.29 is 9.26 Å². The molecule has 0 aliphatic heterocycles. The number of hydrogen-bond acceptors (Lipinski definition) is 6. The van der Waals surface area contributed by atoms with E-state index in [0.29, 0.717) is 30.6 Å².